The Balaban J connectivity index is 2.09. The fourth-order valence-electron chi connectivity index (χ4n) is 1.81. The minimum atomic E-state index is -3.72. The van der Waals surface area contributed by atoms with E-state index < -0.39 is 10.0 Å². The molecule has 2 aromatic carbocycles. The van der Waals surface area contributed by atoms with Crippen molar-refractivity contribution in [3.63, 3.8) is 0 Å². The van der Waals surface area contributed by atoms with E-state index in [0.29, 0.717) is 23.9 Å². The number of halogens is 2. The summed E-state index contributed by atoms with van der Waals surface area (Å²) in [6.45, 7) is 1.26. The lowest BCUT2D eigenvalue weighted by Crippen LogP contribution is -2.13. The summed E-state index contributed by atoms with van der Waals surface area (Å²) in [6.07, 6.45) is 0. The number of hydrogen-bond donors (Lipinski definition) is 2. The highest BCUT2D eigenvalue weighted by Crippen LogP contribution is 2.26. The maximum atomic E-state index is 12.3. The predicted molar refractivity (Wildman–Crippen MR) is 94.1 cm³/mol. The molecular weight excluding hydrogens is 359 g/mol. The summed E-state index contributed by atoms with van der Waals surface area (Å²) in [5, 5.41) is 3.64. The van der Waals surface area contributed by atoms with E-state index in [1.165, 1.54) is 18.2 Å². The van der Waals surface area contributed by atoms with Gasteiger partial charge in [-0.3, -0.25) is 4.72 Å². The largest absolute Gasteiger partial charge is 0.383 e. The van der Waals surface area contributed by atoms with Crippen LogP contribution in [0.25, 0.3) is 0 Å². The standard InChI is InChI=1S/C15H16Cl2N2O3S/c1-22-9-8-18-11-2-4-12(5-3-11)19-23(20,21)13-6-7-14(16)15(17)10-13/h2-7,10,18-19H,8-9H2,1H3. The van der Waals surface area contributed by atoms with Crippen LogP contribution in [-0.2, 0) is 14.8 Å². The summed E-state index contributed by atoms with van der Waals surface area (Å²) in [4.78, 5) is 0.0502. The first-order valence-corrected chi connectivity index (χ1v) is 8.97. The first kappa shape index (κ1) is 17.9. The van der Waals surface area contributed by atoms with Gasteiger partial charge in [0, 0.05) is 25.0 Å². The number of anilines is 2. The summed E-state index contributed by atoms with van der Waals surface area (Å²) in [6, 6.07) is 11.1. The third kappa shape index (κ3) is 5.00. The quantitative estimate of drug-likeness (QED) is 0.722. The first-order chi connectivity index (χ1) is 10.9. The van der Waals surface area contributed by atoms with Crippen LogP contribution in [-0.4, -0.2) is 28.7 Å². The summed E-state index contributed by atoms with van der Waals surface area (Å²) >= 11 is 11.7. The Hall–Kier alpha value is -1.47. The third-order valence-electron chi connectivity index (χ3n) is 2.97. The number of rotatable bonds is 7. The number of sulfonamides is 1. The highest BCUT2D eigenvalue weighted by atomic mass is 35.5. The van der Waals surface area contributed by atoms with Gasteiger partial charge in [0.15, 0.2) is 0 Å². The van der Waals surface area contributed by atoms with Crippen molar-refractivity contribution in [2.45, 2.75) is 4.90 Å². The zero-order valence-corrected chi connectivity index (χ0v) is 14.7. The number of hydrogen-bond acceptors (Lipinski definition) is 4. The monoisotopic (exact) mass is 374 g/mol. The Morgan fingerprint density at radius 2 is 1.65 bits per heavy atom. The van der Waals surface area contributed by atoms with E-state index in [2.05, 4.69) is 10.0 Å². The number of methoxy groups -OCH3 is 1. The zero-order chi connectivity index (χ0) is 16.9. The Bertz CT molecular complexity index is 765. The van der Waals surface area contributed by atoms with Gasteiger partial charge < -0.3 is 10.1 Å². The number of nitrogens with one attached hydrogen (secondary N) is 2. The second kappa shape index (κ2) is 7.88. The van der Waals surface area contributed by atoms with E-state index in [4.69, 9.17) is 27.9 Å². The summed E-state index contributed by atoms with van der Waals surface area (Å²) < 4.78 is 32.1. The van der Waals surface area contributed by atoms with Crippen molar-refractivity contribution < 1.29 is 13.2 Å². The van der Waals surface area contributed by atoms with Crippen LogP contribution >= 0.6 is 23.2 Å². The Morgan fingerprint density at radius 3 is 2.26 bits per heavy atom. The lowest BCUT2D eigenvalue weighted by Gasteiger charge is -2.10. The van der Waals surface area contributed by atoms with E-state index in [9.17, 15) is 8.42 Å². The molecule has 0 heterocycles. The first-order valence-electron chi connectivity index (χ1n) is 6.73. The molecule has 23 heavy (non-hydrogen) atoms. The fourth-order valence-corrected chi connectivity index (χ4v) is 3.26. The molecule has 0 unspecified atom stereocenters. The van der Waals surface area contributed by atoms with Crippen molar-refractivity contribution in [1.29, 1.82) is 0 Å². The van der Waals surface area contributed by atoms with Gasteiger partial charge in [-0.2, -0.15) is 0 Å². The third-order valence-corrected chi connectivity index (χ3v) is 5.09. The number of benzene rings is 2. The van der Waals surface area contributed by atoms with Crippen molar-refractivity contribution in [2.24, 2.45) is 0 Å². The lowest BCUT2D eigenvalue weighted by atomic mass is 10.3. The molecule has 0 aliphatic heterocycles. The maximum Gasteiger partial charge on any atom is 0.261 e. The van der Waals surface area contributed by atoms with Crippen molar-refractivity contribution in [1.82, 2.24) is 0 Å². The second-order valence-corrected chi connectivity index (χ2v) is 7.18. The van der Waals surface area contributed by atoms with E-state index in [-0.39, 0.29) is 9.92 Å². The van der Waals surface area contributed by atoms with Crippen molar-refractivity contribution in [2.75, 3.05) is 30.3 Å². The van der Waals surface area contributed by atoms with E-state index in [1.54, 1.807) is 31.4 Å². The van der Waals surface area contributed by atoms with Crippen LogP contribution < -0.4 is 10.0 Å². The molecule has 0 fully saturated rings. The average Bonchev–Trinajstić information content (AvgIpc) is 2.51. The highest BCUT2D eigenvalue weighted by Gasteiger charge is 2.15. The predicted octanol–water partition coefficient (Wildman–Crippen LogP) is 3.85. The van der Waals surface area contributed by atoms with Crippen molar-refractivity contribution >= 4 is 44.6 Å². The van der Waals surface area contributed by atoms with Crippen LogP contribution in [0.4, 0.5) is 11.4 Å². The molecule has 0 saturated heterocycles. The molecule has 5 nitrogen and oxygen atoms in total. The van der Waals surface area contributed by atoms with Crippen LogP contribution in [0.3, 0.4) is 0 Å². The molecule has 0 spiro atoms. The SMILES string of the molecule is COCCNc1ccc(NS(=O)(=O)c2ccc(Cl)c(Cl)c2)cc1. The molecule has 2 rings (SSSR count). The van der Waals surface area contributed by atoms with E-state index >= 15 is 0 Å². The van der Waals surface area contributed by atoms with E-state index in [1.807, 2.05) is 0 Å². The smallest absolute Gasteiger partial charge is 0.261 e. The molecule has 2 aromatic rings. The zero-order valence-electron chi connectivity index (χ0n) is 12.3. The summed E-state index contributed by atoms with van der Waals surface area (Å²) in [5.41, 5.74) is 1.33. The van der Waals surface area contributed by atoms with Crippen LogP contribution in [0.15, 0.2) is 47.4 Å². The second-order valence-electron chi connectivity index (χ2n) is 4.68. The van der Waals surface area contributed by atoms with Crippen molar-refractivity contribution in [3.05, 3.63) is 52.5 Å². The van der Waals surface area contributed by atoms with Gasteiger partial charge >= 0.3 is 0 Å². The molecule has 0 aliphatic rings. The topological polar surface area (TPSA) is 67.4 Å². The van der Waals surface area contributed by atoms with Crippen LogP contribution in [0.2, 0.25) is 10.0 Å². The number of ether oxygens (including phenoxy) is 1. The Kier molecular flexibility index (Phi) is 6.12. The minimum absolute atomic E-state index is 0.0502. The average molecular weight is 375 g/mol. The molecule has 0 atom stereocenters. The van der Waals surface area contributed by atoms with Crippen LogP contribution in [0.5, 0.6) is 0 Å². The van der Waals surface area contributed by atoms with Gasteiger partial charge in [-0.25, -0.2) is 8.42 Å². The van der Waals surface area contributed by atoms with Gasteiger partial charge in [0.25, 0.3) is 10.0 Å². The molecule has 0 aromatic heterocycles. The molecule has 0 aliphatic carbocycles. The minimum Gasteiger partial charge on any atom is -0.383 e. The summed E-state index contributed by atoms with van der Waals surface area (Å²) in [7, 11) is -2.09. The molecule has 2 N–H and O–H groups in total. The molecule has 0 bridgehead atoms. The van der Waals surface area contributed by atoms with Crippen LogP contribution in [0.1, 0.15) is 0 Å². The van der Waals surface area contributed by atoms with Gasteiger partial charge in [0.05, 0.1) is 21.5 Å². The lowest BCUT2D eigenvalue weighted by molar-refractivity contribution is 0.211. The summed E-state index contributed by atoms with van der Waals surface area (Å²) in [5.74, 6) is 0. The molecule has 8 heteroatoms. The van der Waals surface area contributed by atoms with Gasteiger partial charge in [0.2, 0.25) is 0 Å². The van der Waals surface area contributed by atoms with Gasteiger partial charge in [0.1, 0.15) is 0 Å². The van der Waals surface area contributed by atoms with Gasteiger partial charge in [-0.15, -0.1) is 0 Å². The van der Waals surface area contributed by atoms with Gasteiger partial charge in [-0.1, -0.05) is 23.2 Å². The molecule has 0 saturated carbocycles. The van der Waals surface area contributed by atoms with Gasteiger partial charge in [-0.05, 0) is 42.5 Å². The highest BCUT2D eigenvalue weighted by molar-refractivity contribution is 7.92. The maximum absolute atomic E-state index is 12.3. The molecule has 0 radical (unpaired) electrons. The van der Waals surface area contributed by atoms with Crippen molar-refractivity contribution in [3.8, 4) is 0 Å². The fraction of sp³-hybridized carbons (Fsp3) is 0.200. The normalized spacial score (nSPS) is 11.3. The Labute approximate surface area is 145 Å². The molecule has 124 valence electrons. The Morgan fingerprint density at radius 1 is 1.00 bits per heavy atom. The molecule has 0 amide bonds. The van der Waals surface area contributed by atoms with E-state index in [0.717, 1.165) is 5.69 Å². The van der Waals surface area contributed by atoms with Crippen LogP contribution in [0, 0.1) is 0 Å². The molecular formula is C15H16Cl2N2O3S.